The molecule has 3 rings (SSSR count). The Balaban J connectivity index is 1.60. The van der Waals surface area contributed by atoms with E-state index in [9.17, 15) is 9.90 Å². The van der Waals surface area contributed by atoms with Crippen LogP contribution in [0.1, 0.15) is 12.0 Å². The molecule has 3 N–H and O–H groups in total. The number of aryl methyl sites for hydroxylation is 1. The molecule has 0 aromatic heterocycles. The van der Waals surface area contributed by atoms with Gasteiger partial charge in [0.15, 0.2) is 12.1 Å². The minimum atomic E-state index is -1.02. The van der Waals surface area contributed by atoms with Gasteiger partial charge in [-0.3, -0.25) is 20.1 Å². The standard InChI is InChI=1S/C20H27N5O3S/c1-14-3-5-16(6-4-14)25-9-7-24(8-10-25)13-22-15(12-18(21)28-2)11-17-19(26)23-20(27)29-17/h3-6,11,19,21,26H,7-10,12-13H2,1-2H3,(H,23,27)/b17-11-,21-18?,22-15?. The SMILES string of the molecule is COC(=N)CC(/C=C1\SC(=O)NC1O)=NCN1CCN(c2ccc(C)cc2)CC1. The number of aliphatic hydroxyl groups excluding tert-OH is 1. The van der Waals surface area contributed by atoms with Crippen molar-refractivity contribution in [1.29, 1.82) is 5.41 Å². The van der Waals surface area contributed by atoms with Crippen molar-refractivity contribution in [2.45, 2.75) is 19.6 Å². The van der Waals surface area contributed by atoms with Crippen LogP contribution in [0.5, 0.6) is 0 Å². The van der Waals surface area contributed by atoms with E-state index in [0.29, 0.717) is 17.3 Å². The normalized spacial score (nSPS) is 22.1. The van der Waals surface area contributed by atoms with E-state index in [1.54, 1.807) is 6.08 Å². The summed E-state index contributed by atoms with van der Waals surface area (Å²) in [4.78, 5) is 21.2. The predicted molar refractivity (Wildman–Crippen MR) is 117 cm³/mol. The molecule has 2 aliphatic heterocycles. The zero-order valence-electron chi connectivity index (χ0n) is 16.7. The number of carbonyl (C=O) groups is 1. The van der Waals surface area contributed by atoms with Gasteiger partial charge < -0.3 is 20.1 Å². The molecule has 1 aromatic carbocycles. The fourth-order valence-corrected chi connectivity index (χ4v) is 3.88. The summed E-state index contributed by atoms with van der Waals surface area (Å²) >= 11 is 0.946. The van der Waals surface area contributed by atoms with Crippen LogP contribution in [0.2, 0.25) is 0 Å². The lowest BCUT2D eigenvalue weighted by Crippen LogP contribution is -2.46. The van der Waals surface area contributed by atoms with Gasteiger partial charge in [0, 0.05) is 42.5 Å². The number of ether oxygens (including phenoxy) is 1. The average Bonchev–Trinajstić information content (AvgIpc) is 3.03. The van der Waals surface area contributed by atoms with Crippen molar-refractivity contribution in [2.75, 3.05) is 44.9 Å². The number of hydrogen-bond donors (Lipinski definition) is 3. The first-order valence-electron chi connectivity index (χ1n) is 9.51. The van der Waals surface area contributed by atoms with Crippen LogP contribution in [-0.4, -0.2) is 73.0 Å². The van der Waals surface area contributed by atoms with Gasteiger partial charge in [-0.25, -0.2) is 0 Å². The van der Waals surface area contributed by atoms with E-state index in [-0.39, 0.29) is 17.6 Å². The molecule has 1 unspecified atom stereocenters. The molecular weight excluding hydrogens is 390 g/mol. The summed E-state index contributed by atoms with van der Waals surface area (Å²) in [5.74, 6) is 0.0848. The smallest absolute Gasteiger partial charge is 0.285 e. The van der Waals surface area contributed by atoms with Gasteiger partial charge in [-0.2, -0.15) is 0 Å². The number of hydrogen-bond acceptors (Lipinski definition) is 8. The Labute approximate surface area is 175 Å². The van der Waals surface area contributed by atoms with Crippen LogP contribution in [0.25, 0.3) is 0 Å². The number of amides is 1. The molecule has 2 heterocycles. The molecule has 0 saturated carbocycles. The van der Waals surface area contributed by atoms with E-state index >= 15 is 0 Å². The molecule has 0 spiro atoms. The molecule has 1 atom stereocenters. The van der Waals surface area contributed by atoms with E-state index < -0.39 is 6.23 Å². The van der Waals surface area contributed by atoms with E-state index in [2.05, 4.69) is 51.3 Å². The van der Waals surface area contributed by atoms with Crippen LogP contribution in [0.4, 0.5) is 10.5 Å². The van der Waals surface area contributed by atoms with Crippen molar-refractivity contribution < 1.29 is 14.6 Å². The first kappa shape index (κ1) is 21.4. The van der Waals surface area contributed by atoms with E-state index in [1.165, 1.54) is 18.4 Å². The largest absolute Gasteiger partial charge is 0.484 e. The average molecular weight is 418 g/mol. The van der Waals surface area contributed by atoms with Crippen LogP contribution in [-0.2, 0) is 4.74 Å². The number of rotatable bonds is 6. The summed E-state index contributed by atoms with van der Waals surface area (Å²) in [6.45, 7) is 6.22. The Kier molecular flexibility index (Phi) is 7.29. The highest BCUT2D eigenvalue weighted by molar-refractivity contribution is 8.17. The number of aliphatic hydroxyl groups is 1. The molecular formula is C20H27N5O3S. The number of anilines is 1. The number of thioether (sulfide) groups is 1. The molecule has 29 heavy (non-hydrogen) atoms. The van der Waals surface area contributed by atoms with Gasteiger partial charge in [-0.05, 0) is 36.9 Å². The van der Waals surface area contributed by atoms with Gasteiger partial charge in [-0.15, -0.1) is 0 Å². The zero-order chi connectivity index (χ0) is 20.8. The summed E-state index contributed by atoms with van der Waals surface area (Å²) in [6.07, 6.45) is 0.862. The fraction of sp³-hybridized carbons (Fsp3) is 0.450. The molecule has 2 aliphatic rings. The van der Waals surface area contributed by atoms with Gasteiger partial charge in [-0.1, -0.05) is 17.7 Å². The van der Waals surface area contributed by atoms with Gasteiger partial charge in [0.25, 0.3) is 5.24 Å². The van der Waals surface area contributed by atoms with Crippen LogP contribution in [0.15, 0.2) is 40.2 Å². The Bertz CT molecular complexity index is 801. The number of nitrogens with zero attached hydrogens (tertiary/aromatic N) is 3. The molecule has 1 amide bonds. The topological polar surface area (TPSA) is 101 Å². The lowest BCUT2D eigenvalue weighted by Gasteiger charge is -2.35. The van der Waals surface area contributed by atoms with Gasteiger partial charge in [0.05, 0.1) is 20.2 Å². The lowest BCUT2D eigenvalue weighted by molar-refractivity contribution is 0.191. The summed E-state index contributed by atoms with van der Waals surface area (Å²) in [7, 11) is 1.45. The molecule has 9 heteroatoms. The fourth-order valence-electron chi connectivity index (χ4n) is 3.13. The second-order valence-corrected chi connectivity index (χ2v) is 8.07. The molecule has 0 radical (unpaired) electrons. The third-order valence-corrected chi connectivity index (χ3v) is 5.76. The number of methoxy groups -OCH3 is 1. The molecule has 2 saturated heterocycles. The number of piperazine rings is 1. The van der Waals surface area contributed by atoms with Crippen molar-refractivity contribution in [3.8, 4) is 0 Å². The van der Waals surface area contributed by atoms with Crippen LogP contribution < -0.4 is 10.2 Å². The van der Waals surface area contributed by atoms with E-state index in [0.717, 1.165) is 37.9 Å². The third kappa shape index (κ3) is 6.06. The molecule has 8 nitrogen and oxygen atoms in total. The highest BCUT2D eigenvalue weighted by Gasteiger charge is 2.26. The first-order valence-corrected chi connectivity index (χ1v) is 10.3. The Hall–Kier alpha value is -2.36. The minimum Gasteiger partial charge on any atom is -0.484 e. The Morgan fingerprint density at radius 2 is 2.03 bits per heavy atom. The summed E-state index contributed by atoms with van der Waals surface area (Å²) in [5.41, 5.74) is 3.10. The maximum Gasteiger partial charge on any atom is 0.285 e. The van der Waals surface area contributed by atoms with Crippen molar-refractivity contribution in [3.63, 3.8) is 0 Å². The van der Waals surface area contributed by atoms with Crippen LogP contribution >= 0.6 is 11.8 Å². The van der Waals surface area contributed by atoms with Crippen molar-refractivity contribution in [1.82, 2.24) is 10.2 Å². The van der Waals surface area contributed by atoms with Crippen LogP contribution in [0, 0.1) is 12.3 Å². The maximum atomic E-state index is 11.4. The summed E-state index contributed by atoms with van der Waals surface area (Å²) in [5, 5.41) is 19.8. The van der Waals surface area contributed by atoms with Gasteiger partial charge in [0.2, 0.25) is 0 Å². The Morgan fingerprint density at radius 1 is 1.34 bits per heavy atom. The number of nitrogens with one attached hydrogen (secondary N) is 2. The zero-order valence-corrected chi connectivity index (χ0v) is 17.5. The van der Waals surface area contributed by atoms with E-state index in [4.69, 9.17) is 10.1 Å². The lowest BCUT2D eigenvalue weighted by atomic mass is 10.2. The van der Waals surface area contributed by atoms with Gasteiger partial charge in [0.1, 0.15) is 0 Å². The molecule has 1 aromatic rings. The second kappa shape index (κ2) is 9.91. The summed E-state index contributed by atoms with van der Waals surface area (Å²) in [6, 6.07) is 8.57. The highest BCUT2D eigenvalue weighted by Crippen LogP contribution is 2.26. The number of aliphatic imine (C=N–C) groups is 1. The maximum absolute atomic E-state index is 11.4. The first-order chi connectivity index (χ1) is 13.9. The summed E-state index contributed by atoms with van der Waals surface area (Å²) < 4.78 is 4.96. The van der Waals surface area contributed by atoms with Crippen molar-refractivity contribution >= 4 is 34.3 Å². The molecule has 0 bridgehead atoms. The second-order valence-electron chi connectivity index (χ2n) is 7.02. The highest BCUT2D eigenvalue weighted by atomic mass is 32.2. The van der Waals surface area contributed by atoms with Gasteiger partial charge >= 0.3 is 0 Å². The van der Waals surface area contributed by atoms with Crippen LogP contribution in [0.3, 0.4) is 0 Å². The predicted octanol–water partition coefficient (Wildman–Crippen LogP) is 2.19. The Morgan fingerprint density at radius 3 is 2.62 bits per heavy atom. The molecule has 0 aliphatic carbocycles. The van der Waals surface area contributed by atoms with E-state index in [1.807, 2.05) is 0 Å². The van der Waals surface area contributed by atoms with Crippen molar-refractivity contribution in [2.24, 2.45) is 4.99 Å². The monoisotopic (exact) mass is 417 g/mol. The molecule has 2 fully saturated rings. The number of benzene rings is 1. The quantitative estimate of drug-likeness (QED) is 0.485. The third-order valence-electron chi connectivity index (χ3n) is 4.88. The van der Waals surface area contributed by atoms with Crippen molar-refractivity contribution in [3.05, 3.63) is 40.8 Å². The number of carbonyl (C=O) groups excluding carboxylic acids is 1. The minimum absolute atomic E-state index is 0.0848. The number of allylic oxidation sites excluding steroid dienone is 1. The molecule has 156 valence electrons.